The average Bonchev–Trinajstić information content (AvgIpc) is 2.36. The van der Waals surface area contributed by atoms with Crippen LogP contribution in [0.1, 0.15) is 12.0 Å². The van der Waals surface area contributed by atoms with Crippen molar-refractivity contribution in [3.63, 3.8) is 0 Å². The molecule has 0 saturated carbocycles. The zero-order valence-electron chi connectivity index (χ0n) is 6.74. The summed E-state index contributed by atoms with van der Waals surface area (Å²) in [6.45, 7) is 2.04. The van der Waals surface area contributed by atoms with Gasteiger partial charge in [0.1, 0.15) is 0 Å². The maximum atomic E-state index is 10.2. The molecule has 66 valence electrons. The number of hydrogen-bond acceptors (Lipinski definition) is 3. The quantitative estimate of drug-likeness (QED) is 0.763. The van der Waals surface area contributed by atoms with E-state index < -0.39 is 5.97 Å². The minimum absolute atomic E-state index is 0.238. The van der Waals surface area contributed by atoms with Crippen molar-refractivity contribution in [3.05, 3.63) is 17.0 Å². The van der Waals surface area contributed by atoms with Crippen LogP contribution in [0.5, 0.6) is 0 Å². The van der Waals surface area contributed by atoms with Crippen LogP contribution in [0.25, 0.3) is 0 Å². The number of carbonyl (C=O) groups is 1. The number of thioether (sulfide) groups is 1. The van der Waals surface area contributed by atoms with Crippen molar-refractivity contribution in [2.75, 3.05) is 5.75 Å². The Balaban J connectivity index is 2.33. The Labute approximate surface area is 79.6 Å². The Morgan fingerprint density at radius 1 is 1.75 bits per heavy atom. The highest BCUT2D eigenvalue weighted by Crippen LogP contribution is 2.28. The topological polar surface area (TPSA) is 37.3 Å². The molecule has 1 aromatic rings. The normalized spacial score (nSPS) is 10.1. The molecule has 0 saturated heterocycles. The SMILES string of the molecule is Cc1ccsc1SCCC(=O)O. The molecule has 0 aromatic carbocycles. The van der Waals surface area contributed by atoms with Crippen molar-refractivity contribution in [3.8, 4) is 0 Å². The lowest BCUT2D eigenvalue weighted by atomic mass is 10.4. The van der Waals surface area contributed by atoms with Gasteiger partial charge < -0.3 is 5.11 Å². The molecule has 1 aromatic heterocycles. The third-order valence-corrected chi connectivity index (χ3v) is 3.81. The summed E-state index contributed by atoms with van der Waals surface area (Å²) in [5.41, 5.74) is 1.25. The fourth-order valence-electron chi connectivity index (χ4n) is 0.738. The first kappa shape index (κ1) is 9.61. The molecule has 1 heterocycles. The number of thiophene rings is 1. The largest absolute Gasteiger partial charge is 0.481 e. The van der Waals surface area contributed by atoms with Crippen molar-refractivity contribution >= 4 is 29.1 Å². The molecule has 0 aliphatic heterocycles. The monoisotopic (exact) mass is 202 g/mol. The molecule has 0 amide bonds. The predicted octanol–water partition coefficient (Wildman–Crippen LogP) is 2.62. The predicted molar refractivity (Wildman–Crippen MR) is 52.0 cm³/mol. The minimum atomic E-state index is -0.725. The highest BCUT2D eigenvalue weighted by atomic mass is 32.2. The van der Waals surface area contributed by atoms with Gasteiger partial charge in [0.05, 0.1) is 10.6 Å². The lowest BCUT2D eigenvalue weighted by molar-refractivity contribution is -0.136. The van der Waals surface area contributed by atoms with Crippen molar-refractivity contribution in [2.24, 2.45) is 0 Å². The molecule has 0 fully saturated rings. The van der Waals surface area contributed by atoms with E-state index in [1.54, 1.807) is 23.1 Å². The first-order chi connectivity index (χ1) is 5.70. The van der Waals surface area contributed by atoms with E-state index in [0.717, 1.165) is 0 Å². The van der Waals surface area contributed by atoms with E-state index >= 15 is 0 Å². The molecule has 4 heteroatoms. The maximum Gasteiger partial charge on any atom is 0.304 e. The second-order valence-electron chi connectivity index (χ2n) is 2.38. The van der Waals surface area contributed by atoms with Gasteiger partial charge in [-0.15, -0.1) is 23.1 Å². The van der Waals surface area contributed by atoms with Gasteiger partial charge in [0.25, 0.3) is 0 Å². The van der Waals surface area contributed by atoms with Crippen LogP contribution in [-0.2, 0) is 4.79 Å². The molecular weight excluding hydrogens is 192 g/mol. The van der Waals surface area contributed by atoms with Gasteiger partial charge in [-0.3, -0.25) is 4.79 Å². The molecule has 1 N–H and O–H groups in total. The molecule has 2 nitrogen and oxygen atoms in total. The zero-order valence-corrected chi connectivity index (χ0v) is 8.37. The molecule has 0 atom stereocenters. The van der Waals surface area contributed by atoms with E-state index in [1.165, 1.54) is 9.77 Å². The van der Waals surface area contributed by atoms with Crippen molar-refractivity contribution in [2.45, 2.75) is 17.6 Å². The molecule has 1 rings (SSSR count). The summed E-state index contributed by atoms with van der Waals surface area (Å²) in [4.78, 5) is 10.2. The van der Waals surface area contributed by atoms with Gasteiger partial charge >= 0.3 is 5.97 Å². The van der Waals surface area contributed by atoms with E-state index in [-0.39, 0.29) is 6.42 Å². The Bertz CT molecular complexity index is 268. The summed E-state index contributed by atoms with van der Waals surface area (Å²) < 4.78 is 1.23. The van der Waals surface area contributed by atoms with Gasteiger partial charge in [-0.2, -0.15) is 0 Å². The van der Waals surface area contributed by atoms with E-state index in [1.807, 2.05) is 18.4 Å². The van der Waals surface area contributed by atoms with Crippen LogP contribution in [-0.4, -0.2) is 16.8 Å². The van der Waals surface area contributed by atoms with E-state index in [2.05, 4.69) is 0 Å². The number of carboxylic acid groups (broad SMARTS) is 1. The highest BCUT2D eigenvalue weighted by Gasteiger charge is 2.01. The molecule has 0 spiro atoms. The van der Waals surface area contributed by atoms with Gasteiger partial charge in [0.15, 0.2) is 0 Å². The maximum absolute atomic E-state index is 10.2. The van der Waals surface area contributed by atoms with Crippen LogP contribution in [0.15, 0.2) is 15.7 Å². The minimum Gasteiger partial charge on any atom is -0.481 e. The number of aryl methyl sites for hydroxylation is 1. The van der Waals surface area contributed by atoms with Crippen LogP contribution >= 0.6 is 23.1 Å². The molecule has 0 radical (unpaired) electrons. The number of hydrogen-bond donors (Lipinski definition) is 1. The van der Waals surface area contributed by atoms with E-state index in [4.69, 9.17) is 5.11 Å². The lowest BCUT2D eigenvalue weighted by Gasteiger charge is -1.96. The molecule has 0 unspecified atom stereocenters. The average molecular weight is 202 g/mol. The van der Waals surface area contributed by atoms with Crippen LogP contribution in [0.2, 0.25) is 0 Å². The smallest absolute Gasteiger partial charge is 0.304 e. The number of carboxylic acids is 1. The lowest BCUT2D eigenvalue weighted by Crippen LogP contribution is -1.95. The second kappa shape index (κ2) is 4.52. The molecule has 0 aliphatic rings. The first-order valence-corrected chi connectivity index (χ1v) is 5.45. The molecule has 12 heavy (non-hydrogen) atoms. The summed E-state index contributed by atoms with van der Waals surface area (Å²) >= 11 is 3.29. The molecule has 0 aliphatic carbocycles. The van der Waals surface area contributed by atoms with Crippen molar-refractivity contribution in [1.82, 2.24) is 0 Å². The van der Waals surface area contributed by atoms with Gasteiger partial charge in [0, 0.05) is 5.75 Å². The number of rotatable bonds is 4. The van der Waals surface area contributed by atoms with Crippen LogP contribution in [0.4, 0.5) is 0 Å². The Kier molecular flexibility index (Phi) is 3.62. The zero-order chi connectivity index (χ0) is 8.97. The summed E-state index contributed by atoms with van der Waals surface area (Å²) in [5, 5.41) is 10.4. The fraction of sp³-hybridized carbons (Fsp3) is 0.375. The Hall–Kier alpha value is -0.480. The third kappa shape index (κ3) is 2.87. The highest BCUT2D eigenvalue weighted by molar-refractivity contribution is 8.01. The van der Waals surface area contributed by atoms with Crippen LogP contribution in [0, 0.1) is 6.92 Å². The molecular formula is C8H10O2S2. The van der Waals surface area contributed by atoms with Gasteiger partial charge in [-0.25, -0.2) is 0 Å². The van der Waals surface area contributed by atoms with E-state index in [9.17, 15) is 4.79 Å². The van der Waals surface area contributed by atoms with Crippen molar-refractivity contribution < 1.29 is 9.90 Å². The van der Waals surface area contributed by atoms with Gasteiger partial charge in [0.2, 0.25) is 0 Å². The van der Waals surface area contributed by atoms with Crippen LogP contribution in [0.3, 0.4) is 0 Å². The Morgan fingerprint density at radius 3 is 3.00 bits per heavy atom. The summed E-state index contributed by atoms with van der Waals surface area (Å²) in [6, 6.07) is 2.05. The second-order valence-corrected chi connectivity index (χ2v) is 4.66. The standard InChI is InChI=1S/C8H10O2S2/c1-6-2-4-11-8(6)12-5-3-7(9)10/h2,4H,3,5H2,1H3,(H,9,10). The van der Waals surface area contributed by atoms with Crippen molar-refractivity contribution in [1.29, 1.82) is 0 Å². The molecule has 0 bridgehead atoms. The first-order valence-electron chi connectivity index (χ1n) is 3.59. The van der Waals surface area contributed by atoms with E-state index in [0.29, 0.717) is 5.75 Å². The van der Waals surface area contributed by atoms with Gasteiger partial charge in [-0.1, -0.05) is 0 Å². The van der Waals surface area contributed by atoms with Gasteiger partial charge in [-0.05, 0) is 23.9 Å². The summed E-state index contributed by atoms with van der Waals surface area (Å²) in [5.74, 6) is -0.0619. The number of aliphatic carboxylic acids is 1. The van der Waals surface area contributed by atoms with Crippen LogP contribution < -0.4 is 0 Å². The Morgan fingerprint density at radius 2 is 2.50 bits per heavy atom. The summed E-state index contributed by atoms with van der Waals surface area (Å²) in [7, 11) is 0. The third-order valence-electron chi connectivity index (χ3n) is 1.36. The summed E-state index contributed by atoms with van der Waals surface area (Å²) in [6.07, 6.45) is 0.238. The fourth-order valence-corrected chi connectivity index (χ4v) is 2.83.